The number of aliphatic hydroxyl groups is 1. The Labute approximate surface area is 125 Å². The van der Waals surface area contributed by atoms with E-state index in [1.807, 2.05) is 12.1 Å². The molecule has 1 atom stereocenters. The highest BCUT2D eigenvalue weighted by Gasteiger charge is 2.13. The molecule has 0 saturated carbocycles. The molecular formula is C15H24ClNOS. The second kappa shape index (κ2) is 7.53. The van der Waals surface area contributed by atoms with Crippen LogP contribution in [0.4, 0.5) is 0 Å². The van der Waals surface area contributed by atoms with E-state index < -0.39 is 0 Å². The summed E-state index contributed by atoms with van der Waals surface area (Å²) < 4.78 is 0. The van der Waals surface area contributed by atoms with Gasteiger partial charge in [0.05, 0.1) is 0 Å². The van der Waals surface area contributed by atoms with Gasteiger partial charge in [-0.1, -0.05) is 18.5 Å². The molecular weight excluding hydrogens is 278 g/mol. The van der Waals surface area contributed by atoms with Crippen molar-refractivity contribution in [2.45, 2.75) is 56.3 Å². The van der Waals surface area contributed by atoms with Crippen molar-refractivity contribution in [3.05, 3.63) is 28.8 Å². The third-order valence-electron chi connectivity index (χ3n) is 2.70. The van der Waals surface area contributed by atoms with E-state index in [0.717, 1.165) is 18.0 Å². The van der Waals surface area contributed by atoms with Crippen molar-refractivity contribution in [1.82, 2.24) is 5.32 Å². The Hall–Kier alpha value is -0.220. The van der Waals surface area contributed by atoms with Crippen LogP contribution in [0, 0.1) is 0 Å². The Bertz CT molecular complexity index is 404. The van der Waals surface area contributed by atoms with Crippen LogP contribution >= 0.6 is 23.4 Å². The van der Waals surface area contributed by atoms with Gasteiger partial charge in [0.25, 0.3) is 0 Å². The molecule has 0 aliphatic heterocycles. The molecule has 19 heavy (non-hydrogen) atoms. The number of rotatable bonds is 6. The number of hydrogen-bond donors (Lipinski definition) is 2. The van der Waals surface area contributed by atoms with Crippen LogP contribution in [0.15, 0.2) is 23.1 Å². The zero-order valence-corrected chi connectivity index (χ0v) is 13.7. The third-order valence-corrected chi connectivity index (χ3v) is 4.22. The predicted molar refractivity (Wildman–Crippen MR) is 85.1 cm³/mol. The van der Waals surface area contributed by atoms with Gasteiger partial charge in [-0.2, -0.15) is 0 Å². The number of nitrogens with one attached hydrogen (secondary N) is 1. The summed E-state index contributed by atoms with van der Waals surface area (Å²) in [6.45, 7) is 9.63. The smallest absolute Gasteiger partial charge is 0.0441 e. The van der Waals surface area contributed by atoms with Gasteiger partial charge >= 0.3 is 0 Å². The van der Waals surface area contributed by atoms with Crippen LogP contribution < -0.4 is 5.32 Å². The van der Waals surface area contributed by atoms with E-state index >= 15 is 0 Å². The Morgan fingerprint density at radius 3 is 2.63 bits per heavy atom. The van der Waals surface area contributed by atoms with E-state index in [1.54, 1.807) is 11.8 Å². The van der Waals surface area contributed by atoms with E-state index in [4.69, 9.17) is 16.7 Å². The molecule has 0 saturated heterocycles. The van der Waals surface area contributed by atoms with E-state index in [0.29, 0.717) is 5.25 Å². The van der Waals surface area contributed by atoms with Crippen LogP contribution in [0.2, 0.25) is 5.02 Å². The van der Waals surface area contributed by atoms with Gasteiger partial charge in [-0.05, 0) is 51.0 Å². The average Bonchev–Trinajstić information content (AvgIpc) is 2.29. The van der Waals surface area contributed by atoms with E-state index in [9.17, 15) is 0 Å². The minimum absolute atomic E-state index is 0.0843. The number of hydrogen-bond acceptors (Lipinski definition) is 3. The average molecular weight is 302 g/mol. The summed E-state index contributed by atoms with van der Waals surface area (Å²) >= 11 is 7.88. The number of halogens is 1. The lowest BCUT2D eigenvalue weighted by Gasteiger charge is -2.22. The maximum atomic E-state index is 8.99. The molecule has 0 spiro atoms. The molecule has 0 amide bonds. The largest absolute Gasteiger partial charge is 0.396 e. The summed E-state index contributed by atoms with van der Waals surface area (Å²) in [5.74, 6) is 0. The summed E-state index contributed by atoms with van der Waals surface area (Å²) in [6.07, 6.45) is 0.805. The molecule has 0 radical (unpaired) electrons. The molecule has 0 aliphatic rings. The fourth-order valence-electron chi connectivity index (χ4n) is 1.62. The van der Waals surface area contributed by atoms with Crippen molar-refractivity contribution in [3.8, 4) is 0 Å². The zero-order valence-electron chi connectivity index (χ0n) is 12.2. The molecule has 1 rings (SSSR count). The zero-order chi connectivity index (χ0) is 14.5. The summed E-state index contributed by atoms with van der Waals surface area (Å²) in [5, 5.41) is 13.7. The van der Waals surface area contributed by atoms with Crippen molar-refractivity contribution >= 4 is 23.4 Å². The van der Waals surface area contributed by atoms with Gasteiger partial charge in [-0.3, -0.25) is 0 Å². The Kier molecular flexibility index (Phi) is 6.67. The molecule has 0 heterocycles. The summed E-state index contributed by atoms with van der Waals surface area (Å²) in [5.41, 5.74) is 1.30. The fourth-order valence-corrected chi connectivity index (χ4v) is 2.90. The van der Waals surface area contributed by atoms with Gasteiger partial charge in [0.2, 0.25) is 0 Å². The second-order valence-electron chi connectivity index (χ2n) is 5.80. The molecule has 4 heteroatoms. The molecule has 2 nitrogen and oxygen atoms in total. The highest BCUT2D eigenvalue weighted by Crippen LogP contribution is 2.30. The normalized spacial score (nSPS) is 13.6. The number of thioether (sulfide) groups is 1. The van der Waals surface area contributed by atoms with E-state index in [1.165, 1.54) is 10.5 Å². The summed E-state index contributed by atoms with van der Waals surface area (Å²) in [7, 11) is 0. The van der Waals surface area contributed by atoms with Crippen LogP contribution in [-0.4, -0.2) is 22.5 Å². The Balaban J connectivity index is 2.79. The van der Waals surface area contributed by atoms with Gasteiger partial charge in [-0.15, -0.1) is 11.8 Å². The molecule has 0 aliphatic carbocycles. The quantitative estimate of drug-likeness (QED) is 0.776. The van der Waals surface area contributed by atoms with Crippen molar-refractivity contribution in [2.75, 3.05) is 6.61 Å². The fraction of sp³-hybridized carbons (Fsp3) is 0.600. The topological polar surface area (TPSA) is 32.3 Å². The second-order valence-corrected chi connectivity index (χ2v) is 7.71. The van der Waals surface area contributed by atoms with Gasteiger partial charge < -0.3 is 10.4 Å². The molecule has 1 aromatic carbocycles. The minimum Gasteiger partial charge on any atom is -0.396 e. The van der Waals surface area contributed by atoms with Gasteiger partial charge in [0.15, 0.2) is 0 Å². The standard InChI is InChI=1S/C15H24ClNOS/c1-11(7-8-18)19-14-6-5-13(16)9-12(14)10-17-15(2,3)4/h5-6,9,11,17-18H,7-8,10H2,1-4H3. The first-order valence-electron chi connectivity index (χ1n) is 6.63. The van der Waals surface area contributed by atoms with Crippen LogP contribution in [0.1, 0.15) is 39.7 Å². The van der Waals surface area contributed by atoms with Crippen molar-refractivity contribution < 1.29 is 5.11 Å². The molecule has 108 valence electrons. The maximum absolute atomic E-state index is 8.99. The SMILES string of the molecule is CC(CCO)Sc1ccc(Cl)cc1CNC(C)(C)C. The lowest BCUT2D eigenvalue weighted by molar-refractivity contribution is 0.289. The van der Waals surface area contributed by atoms with Crippen molar-refractivity contribution in [2.24, 2.45) is 0 Å². The maximum Gasteiger partial charge on any atom is 0.0441 e. The van der Waals surface area contributed by atoms with Crippen molar-refractivity contribution in [1.29, 1.82) is 0 Å². The molecule has 2 N–H and O–H groups in total. The predicted octanol–water partition coefficient (Wildman–Crippen LogP) is 4.09. The molecule has 0 aromatic heterocycles. The number of aliphatic hydroxyl groups excluding tert-OH is 1. The van der Waals surface area contributed by atoms with Gasteiger partial charge in [0.1, 0.15) is 0 Å². The lowest BCUT2D eigenvalue weighted by Crippen LogP contribution is -2.35. The van der Waals surface area contributed by atoms with Gasteiger partial charge in [0, 0.05) is 33.9 Å². The third kappa shape index (κ3) is 6.66. The molecule has 0 bridgehead atoms. The van der Waals surface area contributed by atoms with Crippen molar-refractivity contribution in [3.63, 3.8) is 0 Å². The summed E-state index contributed by atoms with van der Waals surface area (Å²) in [4.78, 5) is 1.24. The number of benzene rings is 1. The first-order chi connectivity index (χ1) is 8.81. The van der Waals surface area contributed by atoms with Crippen LogP contribution in [0.5, 0.6) is 0 Å². The Morgan fingerprint density at radius 2 is 2.05 bits per heavy atom. The molecule has 1 unspecified atom stereocenters. The van der Waals surface area contributed by atoms with Crippen LogP contribution in [0.3, 0.4) is 0 Å². The Morgan fingerprint density at radius 1 is 1.37 bits per heavy atom. The van der Waals surface area contributed by atoms with E-state index in [-0.39, 0.29) is 12.1 Å². The van der Waals surface area contributed by atoms with Crippen LogP contribution in [0.25, 0.3) is 0 Å². The van der Waals surface area contributed by atoms with Gasteiger partial charge in [-0.25, -0.2) is 0 Å². The summed E-state index contributed by atoms with van der Waals surface area (Å²) in [6, 6.07) is 6.02. The first kappa shape index (κ1) is 16.8. The highest BCUT2D eigenvalue weighted by atomic mass is 35.5. The molecule has 0 fully saturated rings. The monoisotopic (exact) mass is 301 g/mol. The minimum atomic E-state index is 0.0843. The van der Waals surface area contributed by atoms with Crippen LogP contribution in [-0.2, 0) is 6.54 Å². The van der Waals surface area contributed by atoms with E-state index in [2.05, 4.69) is 39.1 Å². The lowest BCUT2D eigenvalue weighted by atomic mass is 10.1. The molecule has 1 aromatic rings. The first-order valence-corrected chi connectivity index (χ1v) is 7.88. The highest BCUT2D eigenvalue weighted by molar-refractivity contribution is 8.00.